The highest BCUT2D eigenvalue weighted by Crippen LogP contribution is 2.36. The third kappa shape index (κ3) is 5.26. The predicted molar refractivity (Wildman–Crippen MR) is 104 cm³/mol. The Balaban J connectivity index is 1.75. The first kappa shape index (κ1) is 21.1. The molecule has 0 bridgehead atoms. The van der Waals surface area contributed by atoms with Gasteiger partial charge in [-0.05, 0) is 31.0 Å². The number of hydrogen-bond acceptors (Lipinski definition) is 7. The highest BCUT2D eigenvalue weighted by atomic mass is 32.2. The van der Waals surface area contributed by atoms with Gasteiger partial charge in [0.1, 0.15) is 11.5 Å². The van der Waals surface area contributed by atoms with Crippen LogP contribution in [0.2, 0.25) is 0 Å². The quantitative estimate of drug-likeness (QED) is 0.686. The van der Waals surface area contributed by atoms with Crippen LogP contribution in [0.3, 0.4) is 0 Å². The van der Waals surface area contributed by atoms with Crippen LogP contribution in [-0.4, -0.2) is 39.7 Å². The molecule has 0 saturated carbocycles. The third-order valence-electron chi connectivity index (χ3n) is 4.44. The minimum Gasteiger partial charge on any atom is -0.470 e. The fraction of sp³-hybridized carbons (Fsp3) is 0.368. The fourth-order valence-corrected chi connectivity index (χ4v) is 3.91. The summed E-state index contributed by atoms with van der Waals surface area (Å²) in [6, 6.07) is 4.45. The van der Waals surface area contributed by atoms with Crippen LogP contribution in [0.1, 0.15) is 35.0 Å². The van der Waals surface area contributed by atoms with Gasteiger partial charge >= 0.3 is 0 Å². The topological polar surface area (TPSA) is 90.5 Å². The third-order valence-corrected chi connectivity index (χ3v) is 5.24. The number of halogens is 3. The van der Waals surface area contributed by atoms with Gasteiger partial charge in [-0.1, -0.05) is 17.8 Å². The molecule has 2 aromatic rings. The number of ketones is 1. The van der Waals surface area contributed by atoms with Crippen LogP contribution in [0.4, 0.5) is 13.2 Å². The van der Waals surface area contributed by atoms with Gasteiger partial charge in [0.05, 0.1) is 17.9 Å². The smallest absolute Gasteiger partial charge is 0.272 e. The first-order valence-electron chi connectivity index (χ1n) is 8.80. The maximum atomic E-state index is 14.5. The van der Waals surface area contributed by atoms with Gasteiger partial charge in [0.15, 0.2) is 17.6 Å². The van der Waals surface area contributed by atoms with Gasteiger partial charge in [0.25, 0.3) is 6.43 Å². The number of carbonyl (C=O) groups excluding carboxylic acids is 1. The summed E-state index contributed by atoms with van der Waals surface area (Å²) >= 11 is 1.42. The second-order valence-electron chi connectivity index (χ2n) is 6.68. The van der Waals surface area contributed by atoms with Crippen molar-refractivity contribution in [2.45, 2.75) is 31.7 Å². The van der Waals surface area contributed by atoms with E-state index in [0.717, 1.165) is 18.1 Å². The van der Waals surface area contributed by atoms with Crippen LogP contribution in [0.15, 0.2) is 35.6 Å². The summed E-state index contributed by atoms with van der Waals surface area (Å²) in [6.07, 6.45) is 0.249. The van der Waals surface area contributed by atoms with E-state index < -0.39 is 24.4 Å². The maximum Gasteiger partial charge on any atom is 0.272 e. The summed E-state index contributed by atoms with van der Waals surface area (Å²) < 4.78 is 43.5. The number of aromatic nitrogens is 2. The first-order valence-corrected chi connectivity index (χ1v) is 9.78. The fourth-order valence-electron chi connectivity index (χ4n) is 2.93. The molecule has 0 fully saturated rings. The summed E-state index contributed by atoms with van der Waals surface area (Å²) in [5, 5.41) is 0.407. The van der Waals surface area contributed by atoms with E-state index in [2.05, 4.69) is 15.0 Å². The lowest BCUT2D eigenvalue weighted by Crippen LogP contribution is -2.29. The molecule has 0 spiro atoms. The minimum atomic E-state index is -2.63. The van der Waals surface area contributed by atoms with Crippen molar-refractivity contribution in [1.82, 2.24) is 9.97 Å². The molecule has 2 heterocycles. The molecule has 3 rings (SSSR count). The molecule has 1 aliphatic rings. The van der Waals surface area contributed by atoms with Crippen molar-refractivity contribution >= 4 is 22.7 Å². The van der Waals surface area contributed by atoms with Crippen LogP contribution in [0.5, 0.6) is 5.88 Å². The molecule has 0 aliphatic carbocycles. The SMILES string of the molecule is C[C@@]1(c2cc(CC(=O)c3cnc(OCC(F)F)cn3)ccc2F)CCSC(N)=N1. The molecular formula is C19H19F3N4O2S. The summed E-state index contributed by atoms with van der Waals surface area (Å²) in [7, 11) is 0. The second kappa shape index (κ2) is 8.81. The minimum absolute atomic E-state index is 0.0246. The lowest BCUT2D eigenvalue weighted by molar-refractivity contribution is 0.0792. The van der Waals surface area contributed by atoms with E-state index in [9.17, 15) is 18.0 Å². The monoisotopic (exact) mass is 424 g/mol. The molecule has 0 unspecified atom stereocenters. The first-order chi connectivity index (χ1) is 13.8. The molecule has 10 heteroatoms. The van der Waals surface area contributed by atoms with Gasteiger partial charge in [0.2, 0.25) is 5.88 Å². The molecule has 1 aromatic heterocycles. The lowest BCUT2D eigenvalue weighted by atomic mass is 9.87. The Morgan fingerprint density at radius 2 is 2.14 bits per heavy atom. The number of carbonyl (C=O) groups is 1. The molecule has 0 saturated heterocycles. The summed E-state index contributed by atoms with van der Waals surface area (Å²) in [5.41, 5.74) is 6.06. The number of thioether (sulfide) groups is 1. The Morgan fingerprint density at radius 1 is 1.34 bits per heavy atom. The number of amidine groups is 1. The predicted octanol–water partition coefficient (Wildman–Crippen LogP) is 3.35. The van der Waals surface area contributed by atoms with Gasteiger partial charge in [-0.3, -0.25) is 9.79 Å². The van der Waals surface area contributed by atoms with Gasteiger partial charge in [-0.15, -0.1) is 0 Å². The lowest BCUT2D eigenvalue weighted by Gasteiger charge is -2.30. The van der Waals surface area contributed by atoms with Crippen molar-refractivity contribution in [3.63, 3.8) is 0 Å². The van der Waals surface area contributed by atoms with Gasteiger partial charge < -0.3 is 10.5 Å². The summed E-state index contributed by atoms with van der Waals surface area (Å²) in [6.45, 7) is 1.01. The number of nitrogens with zero attached hydrogens (tertiary/aromatic N) is 3. The molecule has 2 N–H and O–H groups in total. The normalized spacial score (nSPS) is 19.1. The van der Waals surface area contributed by atoms with Crippen molar-refractivity contribution in [3.05, 3.63) is 53.2 Å². The molecule has 154 valence electrons. The van der Waals surface area contributed by atoms with E-state index in [-0.39, 0.29) is 23.8 Å². The molecule has 0 amide bonds. The Kier molecular flexibility index (Phi) is 6.41. The van der Waals surface area contributed by atoms with Crippen LogP contribution in [0.25, 0.3) is 0 Å². The standard InChI is InChI=1S/C19H19F3N4O2S/c1-19(4-5-29-18(23)26-19)12-6-11(2-3-13(12)20)7-15(27)14-8-25-17(9-24-14)28-10-16(21)22/h2-3,6,8-9,16H,4-5,7,10H2,1H3,(H2,23,26)/t19-/m0/s1. The number of hydrogen-bond donors (Lipinski definition) is 1. The van der Waals surface area contributed by atoms with Crippen LogP contribution >= 0.6 is 11.8 Å². The molecule has 1 aliphatic heterocycles. The van der Waals surface area contributed by atoms with Gasteiger partial charge in [0, 0.05) is 17.7 Å². The maximum absolute atomic E-state index is 14.5. The zero-order valence-electron chi connectivity index (χ0n) is 15.6. The van der Waals surface area contributed by atoms with E-state index in [4.69, 9.17) is 10.5 Å². The van der Waals surface area contributed by atoms with Crippen molar-refractivity contribution in [2.24, 2.45) is 10.7 Å². The van der Waals surface area contributed by atoms with Gasteiger partial charge in [-0.2, -0.15) is 0 Å². The van der Waals surface area contributed by atoms with E-state index in [0.29, 0.717) is 22.7 Å². The van der Waals surface area contributed by atoms with E-state index in [1.165, 1.54) is 23.9 Å². The van der Waals surface area contributed by atoms with Crippen molar-refractivity contribution in [3.8, 4) is 5.88 Å². The number of aliphatic imine (C=N–C) groups is 1. The Bertz CT molecular complexity index is 924. The Morgan fingerprint density at radius 3 is 2.79 bits per heavy atom. The van der Waals surface area contributed by atoms with Crippen molar-refractivity contribution < 1.29 is 22.7 Å². The Labute approximate surface area is 169 Å². The zero-order valence-corrected chi connectivity index (χ0v) is 16.4. The highest BCUT2D eigenvalue weighted by Gasteiger charge is 2.32. The van der Waals surface area contributed by atoms with Crippen LogP contribution < -0.4 is 10.5 Å². The van der Waals surface area contributed by atoms with Crippen LogP contribution in [-0.2, 0) is 12.0 Å². The molecule has 0 radical (unpaired) electrons. The number of rotatable bonds is 7. The molecule has 1 aromatic carbocycles. The zero-order chi connectivity index (χ0) is 21.0. The number of ether oxygens (including phenoxy) is 1. The highest BCUT2D eigenvalue weighted by molar-refractivity contribution is 8.13. The average Bonchev–Trinajstić information content (AvgIpc) is 2.68. The number of alkyl halides is 2. The number of benzene rings is 1. The Hall–Kier alpha value is -2.62. The number of nitrogens with two attached hydrogens (primary N) is 1. The summed E-state index contributed by atoms with van der Waals surface area (Å²) in [4.78, 5) is 24.6. The molecule has 6 nitrogen and oxygen atoms in total. The van der Waals surface area contributed by atoms with E-state index >= 15 is 0 Å². The number of Topliss-reactive ketones (excluding diaryl/α,β-unsaturated/α-hetero) is 1. The van der Waals surface area contributed by atoms with Crippen molar-refractivity contribution in [1.29, 1.82) is 0 Å². The average molecular weight is 424 g/mol. The second-order valence-corrected chi connectivity index (χ2v) is 7.79. The van der Waals surface area contributed by atoms with Crippen LogP contribution in [0, 0.1) is 5.82 Å². The summed E-state index contributed by atoms with van der Waals surface area (Å²) in [5.74, 6) is -0.121. The van der Waals surface area contributed by atoms with Crippen molar-refractivity contribution in [2.75, 3.05) is 12.4 Å². The van der Waals surface area contributed by atoms with E-state index in [1.807, 2.05) is 6.92 Å². The molecular weight excluding hydrogens is 405 g/mol. The van der Waals surface area contributed by atoms with Gasteiger partial charge in [-0.25, -0.2) is 23.1 Å². The molecule has 29 heavy (non-hydrogen) atoms. The molecule has 1 atom stereocenters. The van der Waals surface area contributed by atoms with E-state index in [1.54, 1.807) is 6.07 Å². The largest absolute Gasteiger partial charge is 0.470 e.